The van der Waals surface area contributed by atoms with Crippen molar-refractivity contribution in [3.8, 4) is 5.69 Å². The summed E-state index contributed by atoms with van der Waals surface area (Å²) < 4.78 is 8.60. The second kappa shape index (κ2) is 6.77. The number of hydrogen-bond acceptors (Lipinski definition) is 1. The van der Waals surface area contributed by atoms with E-state index in [-0.39, 0.29) is 0 Å². The Balaban J connectivity index is 1.58. The van der Waals surface area contributed by atoms with Crippen molar-refractivity contribution in [2.75, 3.05) is 0 Å². The molecule has 0 fully saturated rings. The molecule has 0 aliphatic heterocycles. The summed E-state index contributed by atoms with van der Waals surface area (Å²) in [4.78, 5) is 0. The SMILES string of the molecule is Bc1cccc2oc3ccc(-n4c5ccc6ccccc6c5c5c6ccccc6ccc54)cc3c12. The smallest absolute Gasteiger partial charge is 0.140 e. The molecule has 8 aromatic rings. The molecular weight excluding hydrogens is 425 g/mol. The molecule has 0 radical (unpaired) electrons. The molecule has 2 nitrogen and oxygen atoms in total. The summed E-state index contributed by atoms with van der Waals surface area (Å²) in [5, 5.41) is 10.1. The zero-order chi connectivity index (χ0) is 23.1. The Bertz CT molecular complexity index is 2040. The maximum Gasteiger partial charge on any atom is 0.140 e. The van der Waals surface area contributed by atoms with E-state index in [0.717, 1.165) is 22.2 Å². The van der Waals surface area contributed by atoms with Crippen LogP contribution in [0.2, 0.25) is 0 Å². The lowest BCUT2D eigenvalue weighted by Gasteiger charge is -2.09. The van der Waals surface area contributed by atoms with Crippen LogP contribution in [-0.4, -0.2) is 12.4 Å². The van der Waals surface area contributed by atoms with Crippen molar-refractivity contribution in [1.29, 1.82) is 0 Å². The highest BCUT2D eigenvalue weighted by Gasteiger charge is 2.18. The number of hydrogen-bond donors (Lipinski definition) is 0. The summed E-state index contributed by atoms with van der Waals surface area (Å²) in [6, 6.07) is 39.3. The summed E-state index contributed by atoms with van der Waals surface area (Å²) in [6.07, 6.45) is 0. The van der Waals surface area contributed by atoms with Gasteiger partial charge in [0.1, 0.15) is 19.0 Å². The highest BCUT2D eigenvalue weighted by atomic mass is 16.3. The van der Waals surface area contributed by atoms with E-state index >= 15 is 0 Å². The van der Waals surface area contributed by atoms with Gasteiger partial charge >= 0.3 is 0 Å². The van der Waals surface area contributed by atoms with Gasteiger partial charge in [0.2, 0.25) is 0 Å². The number of benzene rings is 6. The minimum atomic E-state index is 0.926. The Hall–Kier alpha value is -4.50. The normalized spacial score (nSPS) is 12.1. The highest BCUT2D eigenvalue weighted by Crippen LogP contribution is 2.41. The first-order chi connectivity index (χ1) is 17.3. The molecule has 8 rings (SSSR count). The van der Waals surface area contributed by atoms with E-state index in [2.05, 4.69) is 122 Å². The van der Waals surface area contributed by atoms with Crippen LogP contribution in [0, 0.1) is 0 Å². The van der Waals surface area contributed by atoms with Crippen molar-refractivity contribution in [3.05, 3.63) is 109 Å². The molecule has 0 bridgehead atoms. The van der Waals surface area contributed by atoms with Crippen molar-refractivity contribution >= 4 is 78.6 Å². The van der Waals surface area contributed by atoms with E-state index in [4.69, 9.17) is 4.42 Å². The van der Waals surface area contributed by atoms with Gasteiger partial charge in [-0.3, -0.25) is 0 Å². The summed E-state index contributed by atoms with van der Waals surface area (Å²) in [7, 11) is 2.16. The molecule has 0 spiro atoms. The first-order valence-electron chi connectivity index (χ1n) is 12.0. The first kappa shape index (κ1) is 18.9. The maximum atomic E-state index is 6.19. The van der Waals surface area contributed by atoms with E-state index in [9.17, 15) is 0 Å². The Labute approximate surface area is 202 Å². The third kappa shape index (κ3) is 2.50. The van der Waals surface area contributed by atoms with Gasteiger partial charge in [-0.15, -0.1) is 0 Å². The molecular formula is C32H20BNO. The predicted molar refractivity (Wildman–Crippen MR) is 151 cm³/mol. The lowest BCUT2D eigenvalue weighted by atomic mass is 9.91. The van der Waals surface area contributed by atoms with E-state index < -0.39 is 0 Å². The summed E-state index contributed by atoms with van der Waals surface area (Å²) in [6.45, 7) is 0. The minimum Gasteiger partial charge on any atom is -0.456 e. The lowest BCUT2D eigenvalue weighted by Crippen LogP contribution is -2.01. The minimum absolute atomic E-state index is 0.926. The summed E-state index contributed by atoms with van der Waals surface area (Å²) in [5.74, 6) is 0. The van der Waals surface area contributed by atoms with Crippen LogP contribution in [-0.2, 0) is 0 Å². The van der Waals surface area contributed by atoms with Gasteiger partial charge in [0, 0.05) is 27.2 Å². The molecule has 2 heterocycles. The third-order valence-corrected chi connectivity index (χ3v) is 7.49. The maximum absolute atomic E-state index is 6.19. The lowest BCUT2D eigenvalue weighted by molar-refractivity contribution is 0.669. The van der Waals surface area contributed by atoms with Crippen LogP contribution in [0.25, 0.3) is 71.0 Å². The number of fused-ring (bicyclic) bond motifs is 10. The van der Waals surface area contributed by atoms with E-state index in [1.807, 2.05) is 0 Å². The summed E-state index contributed by atoms with van der Waals surface area (Å²) >= 11 is 0. The topological polar surface area (TPSA) is 18.1 Å². The third-order valence-electron chi connectivity index (χ3n) is 7.49. The number of furan rings is 1. The second-order valence-electron chi connectivity index (χ2n) is 9.43. The van der Waals surface area contributed by atoms with Crippen LogP contribution < -0.4 is 5.46 Å². The van der Waals surface area contributed by atoms with Gasteiger partial charge in [0.05, 0.1) is 11.0 Å². The zero-order valence-corrected chi connectivity index (χ0v) is 19.2. The first-order valence-corrected chi connectivity index (χ1v) is 12.0. The molecule has 0 amide bonds. The molecule has 0 aliphatic carbocycles. The fourth-order valence-corrected chi connectivity index (χ4v) is 5.96. The second-order valence-corrected chi connectivity index (χ2v) is 9.43. The fraction of sp³-hybridized carbons (Fsp3) is 0. The largest absolute Gasteiger partial charge is 0.456 e. The highest BCUT2D eigenvalue weighted by molar-refractivity contribution is 6.41. The van der Waals surface area contributed by atoms with Crippen LogP contribution in [0.4, 0.5) is 0 Å². The molecule has 6 aromatic carbocycles. The average molecular weight is 445 g/mol. The molecule has 0 saturated carbocycles. The van der Waals surface area contributed by atoms with Gasteiger partial charge in [0.25, 0.3) is 0 Å². The number of nitrogens with zero attached hydrogens (tertiary/aromatic N) is 1. The van der Waals surface area contributed by atoms with E-state index in [1.165, 1.54) is 54.2 Å². The Morgan fingerprint density at radius 3 is 1.86 bits per heavy atom. The Kier molecular flexibility index (Phi) is 3.65. The molecule has 35 heavy (non-hydrogen) atoms. The quantitative estimate of drug-likeness (QED) is 0.244. The van der Waals surface area contributed by atoms with Crippen molar-refractivity contribution < 1.29 is 4.42 Å². The number of aromatic nitrogens is 1. The molecule has 2 aromatic heterocycles. The average Bonchev–Trinajstić information content (AvgIpc) is 3.45. The number of rotatable bonds is 1. The van der Waals surface area contributed by atoms with Gasteiger partial charge in [-0.2, -0.15) is 0 Å². The Morgan fingerprint density at radius 1 is 0.514 bits per heavy atom. The molecule has 0 N–H and O–H groups in total. The molecule has 0 unspecified atom stereocenters. The van der Waals surface area contributed by atoms with Crippen LogP contribution in [0.3, 0.4) is 0 Å². The molecule has 162 valence electrons. The van der Waals surface area contributed by atoms with Gasteiger partial charge < -0.3 is 8.98 Å². The van der Waals surface area contributed by atoms with Crippen molar-refractivity contribution in [1.82, 2.24) is 4.57 Å². The van der Waals surface area contributed by atoms with Crippen molar-refractivity contribution in [3.63, 3.8) is 0 Å². The van der Waals surface area contributed by atoms with Crippen molar-refractivity contribution in [2.45, 2.75) is 0 Å². The van der Waals surface area contributed by atoms with Crippen LogP contribution >= 0.6 is 0 Å². The van der Waals surface area contributed by atoms with Gasteiger partial charge in [-0.1, -0.05) is 78.3 Å². The van der Waals surface area contributed by atoms with E-state index in [0.29, 0.717) is 0 Å². The van der Waals surface area contributed by atoms with Gasteiger partial charge in [-0.25, -0.2) is 0 Å². The molecule has 0 aliphatic rings. The fourth-order valence-electron chi connectivity index (χ4n) is 5.96. The van der Waals surface area contributed by atoms with Gasteiger partial charge in [-0.05, 0) is 57.9 Å². The molecule has 3 heteroatoms. The van der Waals surface area contributed by atoms with Crippen LogP contribution in [0.5, 0.6) is 0 Å². The summed E-state index contributed by atoms with van der Waals surface area (Å²) in [5.41, 5.74) is 6.69. The Morgan fingerprint density at radius 2 is 1.17 bits per heavy atom. The van der Waals surface area contributed by atoms with Gasteiger partial charge in [0.15, 0.2) is 0 Å². The molecule has 0 atom stereocenters. The monoisotopic (exact) mass is 445 g/mol. The molecule has 0 saturated heterocycles. The van der Waals surface area contributed by atoms with Crippen molar-refractivity contribution in [2.24, 2.45) is 0 Å². The zero-order valence-electron chi connectivity index (χ0n) is 19.2. The van der Waals surface area contributed by atoms with Crippen LogP contribution in [0.1, 0.15) is 0 Å². The standard InChI is InChI=1S/C32H20BNO/c33-25-10-5-11-29-30(25)24-18-21(14-17-28(24)35-29)34-26-15-12-19-6-1-3-8-22(19)31(26)32-23-9-4-2-7-20(23)13-16-27(32)34/h1-18H,33H2. The predicted octanol–water partition coefficient (Wildman–Crippen LogP) is 7.25. The van der Waals surface area contributed by atoms with Crippen LogP contribution in [0.15, 0.2) is 114 Å². The van der Waals surface area contributed by atoms with E-state index in [1.54, 1.807) is 0 Å².